The molecule has 0 saturated heterocycles. The average molecular weight is 365 g/mol. The molecule has 0 saturated carbocycles. The first-order valence-electron chi connectivity index (χ1n) is 9.07. The van der Waals surface area contributed by atoms with Crippen molar-refractivity contribution in [2.45, 2.75) is 39.8 Å². The summed E-state index contributed by atoms with van der Waals surface area (Å²) < 4.78 is 5.62. The van der Waals surface area contributed by atoms with Crippen molar-refractivity contribution in [2.24, 2.45) is 0 Å². The number of aromatic amines is 1. The molecular weight excluding hydrogens is 340 g/mol. The van der Waals surface area contributed by atoms with Gasteiger partial charge in [0.2, 0.25) is 5.78 Å². The van der Waals surface area contributed by atoms with Crippen LogP contribution in [0.3, 0.4) is 0 Å². The highest BCUT2D eigenvalue weighted by Crippen LogP contribution is 2.21. The van der Waals surface area contributed by atoms with Crippen LogP contribution in [0.2, 0.25) is 0 Å². The minimum absolute atomic E-state index is 0.0319. The quantitative estimate of drug-likeness (QED) is 0.630. The van der Waals surface area contributed by atoms with E-state index in [9.17, 15) is 9.59 Å². The number of carbonyl (C=O) groups excluding carboxylic acids is 2. The van der Waals surface area contributed by atoms with Gasteiger partial charge in [0.1, 0.15) is 6.04 Å². The van der Waals surface area contributed by atoms with Gasteiger partial charge in [0.25, 0.3) is 0 Å². The minimum atomic E-state index is -0.350. The Balaban J connectivity index is 1.88. The molecule has 0 spiro atoms. The van der Waals surface area contributed by atoms with Crippen LogP contribution in [0.1, 0.15) is 63.3 Å². The topological polar surface area (TPSA) is 79.7 Å². The molecule has 2 aromatic heterocycles. The summed E-state index contributed by atoms with van der Waals surface area (Å²) in [4.78, 5) is 28.1. The lowest BCUT2D eigenvalue weighted by atomic mass is 10.00. The number of aryl methyl sites for hydroxylation is 1. The molecule has 0 aliphatic heterocycles. The number of hydrogen-bond donors (Lipinski definition) is 2. The molecule has 0 unspecified atom stereocenters. The van der Waals surface area contributed by atoms with E-state index >= 15 is 0 Å². The van der Waals surface area contributed by atoms with Crippen molar-refractivity contribution in [1.82, 2.24) is 4.98 Å². The van der Waals surface area contributed by atoms with Crippen molar-refractivity contribution in [3.8, 4) is 0 Å². The first-order valence-corrected chi connectivity index (χ1v) is 9.07. The molecule has 0 aliphatic carbocycles. The number of nitrogens with one attached hydrogen (secondary N) is 1. The maximum Gasteiger partial charge on any atom is 0.235 e. The first kappa shape index (κ1) is 18.9. The maximum atomic E-state index is 13.1. The number of ketones is 2. The molecular formula is C22H25N2O3+. The highest BCUT2D eigenvalue weighted by molar-refractivity contribution is 6.04. The second-order valence-electron chi connectivity index (χ2n) is 6.93. The zero-order valence-corrected chi connectivity index (χ0v) is 16.1. The van der Waals surface area contributed by atoms with Crippen molar-refractivity contribution in [3.05, 3.63) is 82.6 Å². The zero-order chi connectivity index (χ0) is 19.6. The number of furan rings is 1. The largest absolute Gasteiger partial charge is 0.463 e. The number of hydrogen-bond acceptors (Lipinski definition) is 3. The van der Waals surface area contributed by atoms with Crippen molar-refractivity contribution >= 4 is 11.6 Å². The van der Waals surface area contributed by atoms with Crippen LogP contribution in [0.25, 0.3) is 0 Å². The monoisotopic (exact) mass is 365 g/mol. The highest BCUT2D eigenvalue weighted by Gasteiger charge is 2.30. The van der Waals surface area contributed by atoms with Crippen LogP contribution in [-0.2, 0) is 0 Å². The van der Waals surface area contributed by atoms with E-state index in [4.69, 9.17) is 4.42 Å². The summed E-state index contributed by atoms with van der Waals surface area (Å²) in [6.45, 7) is 7.05. The molecule has 27 heavy (non-hydrogen) atoms. The second-order valence-corrected chi connectivity index (χ2v) is 6.93. The zero-order valence-electron chi connectivity index (χ0n) is 16.1. The van der Waals surface area contributed by atoms with Crippen molar-refractivity contribution < 1.29 is 19.3 Å². The highest BCUT2D eigenvalue weighted by atomic mass is 16.3. The number of H-pyrrole nitrogens is 1. The summed E-state index contributed by atoms with van der Waals surface area (Å²) in [5.41, 5.74) is 3.64. The fourth-order valence-corrected chi connectivity index (χ4v) is 3.63. The number of nitrogens with two attached hydrogens (primary N) is 1. The van der Waals surface area contributed by atoms with Crippen LogP contribution < -0.4 is 5.32 Å². The Morgan fingerprint density at radius 1 is 1.07 bits per heavy atom. The Labute approximate surface area is 158 Å². The van der Waals surface area contributed by atoms with Crippen LogP contribution in [0.15, 0.2) is 53.1 Å². The molecule has 1 aromatic carbocycles. The average Bonchev–Trinajstić information content (AvgIpc) is 3.27. The van der Waals surface area contributed by atoms with Gasteiger partial charge in [0.05, 0.1) is 12.0 Å². The summed E-state index contributed by atoms with van der Waals surface area (Å²) >= 11 is 0. The van der Waals surface area contributed by atoms with Crippen LogP contribution >= 0.6 is 0 Å². The Morgan fingerprint density at radius 3 is 2.33 bits per heavy atom. The Morgan fingerprint density at radius 2 is 1.78 bits per heavy atom. The first-order chi connectivity index (χ1) is 12.9. The normalized spacial score (nSPS) is 13.3. The number of aromatic nitrogens is 1. The van der Waals surface area contributed by atoms with Crippen LogP contribution in [0.4, 0.5) is 0 Å². The van der Waals surface area contributed by atoms with Crippen LogP contribution in [-0.4, -0.2) is 22.6 Å². The molecule has 3 N–H and O–H groups in total. The lowest BCUT2D eigenvalue weighted by molar-refractivity contribution is -0.705. The molecule has 0 fully saturated rings. The molecule has 0 bridgehead atoms. The Bertz CT molecular complexity index is 940. The van der Waals surface area contributed by atoms with Crippen LogP contribution in [0.5, 0.6) is 0 Å². The fraction of sp³-hybridized carbons (Fsp3) is 0.273. The van der Waals surface area contributed by atoms with E-state index in [1.807, 2.05) is 68.6 Å². The lowest BCUT2D eigenvalue weighted by Crippen LogP contribution is -2.92. The van der Waals surface area contributed by atoms with E-state index in [1.54, 1.807) is 6.26 Å². The van der Waals surface area contributed by atoms with Crippen molar-refractivity contribution in [1.29, 1.82) is 0 Å². The van der Waals surface area contributed by atoms with E-state index in [-0.39, 0.29) is 23.7 Å². The molecule has 0 amide bonds. The number of benzene rings is 1. The van der Waals surface area contributed by atoms with E-state index in [0.29, 0.717) is 11.3 Å². The van der Waals surface area contributed by atoms with E-state index < -0.39 is 0 Å². The number of rotatable bonds is 7. The third-order valence-electron chi connectivity index (χ3n) is 4.94. The Kier molecular flexibility index (Phi) is 5.42. The van der Waals surface area contributed by atoms with E-state index in [0.717, 1.165) is 22.6 Å². The van der Waals surface area contributed by atoms with Crippen molar-refractivity contribution in [2.75, 3.05) is 0 Å². The number of Topliss-reactive ketones (excluding diaryl/α,β-unsaturated/α-hetero) is 2. The standard InChI is InChI=1S/C22H24N2O3/c1-13-19(16(4)25)14(2)23-20(13)22(26)15(3)24-21(18-11-8-12-27-18)17-9-6-5-7-10-17/h5-12,15,21,23-24H,1-4H3/p+1/t15-,21+/m0/s1. The van der Waals surface area contributed by atoms with Gasteiger partial charge in [-0.05, 0) is 45.4 Å². The maximum absolute atomic E-state index is 13.1. The van der Waals surface area contributed by atoms with Crippen molar-refractivity contribution in [3.63, 3.8) is 0 Å². The summed E-state index contributed by atoms with van der Waals surface area (Å²) in [6, 6.07) is 13.3. The molecule has 0 aliphatic rings. The second kappa shape index (κ2) is 7.76. The summed E-state index contributed by atoms with van der Waals surface area (Å²) in [5, 5.41) is 2.00. The fourth-order valence-electron chi connectivity index (χ4n) is 3.63. The minimum Gasteiger partial charge on any atom is -0.463 e. The summed E-state index contributed by atoms with van der Waals surface area (Å²) in [6.07, 6.45) is 1.64. The predicted octanol–water partition coefficient (Wildman–Crippen LogP) is 3.35. The third kappa shape index (κ3) is 3.78. The van der Waals surface area contributed by atoms with Gasteiger partial charge < -0.3 is 14.7 Å². The van der Waals surface area contributed by atoms with Gasteiger partial charge >= 0.3 is 0 Å². The molecule has 3 rings (SSSR count). The molecule has 2 atom stereocenters. The van der Waals surface area contributed by atoms with Gasteiger partial charge in [-0.25, -0.2) is 0 Å². The smallest absolute Gasteiger partial charge is 0.235 e. The summed E-state index contributed by atoms with van der Waals surface area (Å²) in [5.74, 6) is 0.731. The molecule has 5 nitrogen and oxygen atoms in total. The van der Waals surface area contributed by atoms with E-state index in [1.165, 1.54) is 6.92 Å². The van der Waals surface area contributed by atoms with Crippen LogP contribution in [0, 0.1) is 13.8 Å². The van der Waals surface area contributed by atoms with Gasteiger partial charge in [-0.2, -0.15) is 0 Å². The molecule has 3 aromatic rings. The Hall–Kier alpha value is -2.92. The number of carbonyl (C=O) groups is 2. The SMILES string of the molecule is CC(=O)c1c(C)[nH]c(C(=O)[C@H](C)[NH2+][C@H](c2ccccc2)c2ccco2)c1C. The predicted molar refractivity (Wildman–Crippen MR) is 103 cm³/mol. The van der Waals surface area contributed by atoms with Gasteiger partial charge in [-0.3, -0.25) is 9.59 Å². The lowest BCUT2D eigenvalue weighted by Gasteiger charge is -2.18. The number of quaternary nitrogens is 1. The van der Waals surface area contributed by atoms with Gasteiger partial charge in [-0.1, -0.05) is 30.3 Å². The molecule has 5 heteroatoms. The third-order valence-corrected chi connectivity index (χ3v) is 4.94. The van der Waals surface area contributed by atoms with Gasteiger partial charge in [-0.15, -0.1) is 0 Å². The summed E-state index contributed by atoms with van der Waals surface area (Å²) in [7, 11) is 0. The van der Waals surface area contributed by atoms with E-state index in [2.05, 4.69) is 4.98 Å². The molecule has 140 valence electrons. The molecule has 0 radical (unpaired) electrons. The van der Waals surface area contributed by atoms with Gasteiger partial charge in [0.15, 0.2) is 17.6 Å². The molecule has 2 heterocycles. The van der Waals surface area contributed by atoms with Gasteiger partial charge in [0, 0.05) is 16.8 Å².